The van der Waals surface area contributed by atoms with Crippen molar-refractivity contribution in [2.24, 2.45) is 0 Å². The smallest absolute Gasteiger partial charge is 0.0136 e. The molecule has 1 aromatic rings. The van der Waals surface area contributed by atoms with E-state index in [0.29, 0.717) is 12.0 Å². The first-order valence-corrected chi connectivity index (χ1v) is 7.70. The molecular weight excluding hydrogens is 232 g/mol. The topological polar surface area (TPSA) is 15.3 Å². The molecule has 0 aromatic heterocycles. The molecule has 1 saturated carbocycles. The summed E-state index contributed by atoms with van der Waals surface area (Å²) < 4.78 is 0. The molecule has 1 fully saturated rings. The Bertz CT molecular complexity index is 348. The quantitative estimate of drug-likeness (QED) is 0.790. The van der Waals surface area contributed by atoms with Gasteiger partial charge in [0, 0.05) is 6.04 Å². The molecule has 106 valence electrons. The highest BCUT2D eigenvalue weighted by molar-refractivity contribution is 5.21. The molecule has 0 spiro atoms. The van der Waals surface area contributed by atoms with Gasteiger partial charge in [-0.1, -0.05) is 43.2 Å². The van der Waals surface area contributed by atoms with Crippen molar-refractivity contribution in [3.63, 3.8) is 0 Å². The van der Waals surface area contributed by atoms with Crippen LogP contribution in [0.5, 0.6) is 0 Å². The number of hydrogen-bond donors (Lipinski definition) is 1. The Labute approximate surface area is 118 Å². The number of benzene rings is 1. The van der Waals surface area contributed by atoms with Gasteiger partial charge in [0.2, 0.25) is 0 Å². The van der Waals surface area contributed by atoms with Crippen molar-refractivity contribution in [2.75, 3.05) is 27.2 Å². The van der Waals surface area contributed by atoms with Crippen LogP contribution in [0.2, 0.25) is 0 Å². The second kappa shape index (κ2) is 7.66. The molecule has 2 unspecified atom stereocenters. The third-order valence-electron chi connectivity index (χ3n) is 4.18. The molecule has 1 aromatic carbocycles. The molecule has 0 amide bonds. The standard InChI is InChI=1S/C17H28N2/c1-19(2)14-8-13-18-17-12-7-6-11-16(17)15-9-4-3-5-10-15/h3-5,9-10,16-18H,6-8,11-14H2,1-2H3. The number of nitrogens with one attached hydrogen (secondary N) is 1. The van der Waals surface area contributed by atoms with Gasteiger partial charge >= 0.3 is 0 Å². The van der Waals surface area contributed by atoms with E-state index in [2.05, 4.69) is 54.6 Å². The number of hydrogen-bond acceptors (Lipinski definition) is 2. The van der Waals surface area contributed by atoms with Gasteiger partial charge in [0.05, 0.1) is 0 Å². The van der Waals surface area contributed by atoms with Gasteiger partial charge in [-0.15, -0.1) is 0 Å². The summed E-state index contributed by atoms with van der Waals surface area (Å²) >= 11 is 0. The monoisotopic (exact) mass is 260 g/mol. The van der Waals surface area contributed by atoms with Crippen LogP contribution < -0.4 is 5.32 Å². The number of rotatable bonds is 6. The van der Waals surface area contributed by atoms with Crippen LogP contribution in [0.1, 0.15) is 43.6 Å². The summed E-state index contributed by atoms with van der Waals surface area (Å²) in [5.74, 6) is 0.717. The van der Waals surface area contributed by atoms with E-state index in [0.717, 1.165) is 6.54 Å². The van der Waals surface area contributed by atoms with Gasteiger partial charge < -0.3 is 10.2 Å². The van der Waals surface area contributed by atoms with E-state index in [1.165, 1.54) is 44.2 Å². The Morgan fingerprint density at radius 1 is 1.11 bits per heavy atom. The summed E-state index contributed by atoms with van der Waals surface area (Å²) in [7, 11) is 4.29. The van der Waals surface area contributed by atoms with Crippen LogP contribution in [0, 0.1) is 0 Å². The van der Waals surface area contributed by atoms with E-state index in [4.69, 9.17) is 0 Å². The van der Waals surface area contributed by atoms with Gasteiger partial charge in [-0.2, -0.15) is 0 Å². The Morgan fingerprint density at radius 3 is 2.58 bits per heavy atom. The molecule has 1 N–H and O–H groups in total. The Hall–Kier alpha value is -0.860. The average Bonchev–Trinajstić information content (AvgIpc) is 2.45. The van der Waals surface area contributed by atoms with E-state index in [1.54, 1.807) is 0 Å². The molecule has 2 heteroatoms. The highest BCUT2D eigenvalue weighted by Crippen LogP contribution is 2.32. The normalized spacial score (nSPS) is 23.7. The highest BCUT2D eigenvalue weighted by Gasteiger charge is 2.25. The SMILES string of the molecule is CN(C)CCCNC1CCCCC1c1ccccc1. The van der Waals surface area contributed by atoms with Crippen LogP contribution in [0.4, 0.5) is 0 Å². The zero-order chi connectivity index (χ0) is 13.5. The van der Waals surface area contributed by atoms with Crippen LogP contribution in [-0.2, 0) is 0 Å². The molecule has 2 atom stereocenters. The minimum atomic E-state index is 0.679. The van der Waals surface area contributed by atoms with E-state index in [-0.39, 0.29) is 0 Å². The van der Waals surface area contributed by atoms with Crippen molar-refractivity contribution in [3.05, 3.63) is 35.9 Å². The first-order valence-electron chi connectivity index (χ1n) is 7.70. The second-order valence-electron chi connectivity index (χ2n) is 6.02. The highest BCUT2D eigenvalue weighted by atomic mass is 15.1. The van der Waals surface area contributed by atoms with E-state index >= 15 is 0 Å². The predicted molar refractivity (Wildman–Crippen MR) is 82.6 cm³/mol. The first kappa shape index (κ1) is 14.5. The van der Waals surface area contributed by atoms with Crippen LogP contribution >= 0.6 is 0 Å². The van der Waals surface area contributed by atoms with E-state index in [9.17, 15) is 0 Å². The third-order valence-corrected chi connectivity index (χ3v) is 4.18. The summed E-state index contributed by atoms with van der Waals surface area (Å²) in [6.07, 6.45) is 6.69. The zero-order valence-corrected chi connectivity index (χ0v) is 12.4. The lowest BCUT2D eigenvalue weighted by Gasteiger charge is -2.33. The Balaban J connectivity index is 1.86. The van der Waals surface area contributed by atoms with Crippen molar-refractivity contribution in [1.82, 2.24) is 10.2 Å². The van der Waals surface area contributed by atoms with E-state index < -0.39 is 0 Å². The van der Waals surface area contributed by atoms with Crippen LogP contribution in [0.25, 0.3) is 0 Å². The lowest BCUT2D eigenvalue weighted by atomic mass is 9.80. The van der Waals surface area contributed by atoms with Gasteiger partial charge in [-0.3, -0.25) is 0 Å². The zero-order valence-electron chi connectivity index (χ0n) is 12.4. The van der Waals surface area contributed by atoms with Crippen molar-refractivity contribution in [2.45, 2.75) is 44.1 Å². The molecule has 0 heterocycles. The minimum absolute atomic E-state index is 0.679. The largest absolute Gasteiger partial charge is 0.313 e. The first-order chi connectivity index (χ1) is 9.27. The van der Waals surface area contributed by atoms with Crippen LogP contribution in [0.15, 0.2) is 30.3 Å². The van der Waals surface area contributed by atoms with Crippen LogP contribution in [-0.4, -0.2) is 38.1 Å². The van der Waals surface area contributed by atoms with Crippen molar-refractivity contribution in [3.8, 4) is 0 Å². The number of nitrogens with zero attached hydrogens (tertiary/aromatic N) is 1. The van der Waals surface area contributed by atoms with Gasteiger partial charge in [-0.05, 0) is 57.9 Å². The molecule has 1 aliphatic rings. The van der Waals surface area contributed by atoms with Crippen LogP contribution in [0.3, 0.4) is 0 Å². The molecule has 2 rings (SSSR count). The average molecular weight is 260 g/mol. The molecule has 0 bridgehead atoms. The molecule has 19 heavy (non-hydrogen) atoms. The Kier molecular flexibility index (Phi) is 5.87. The third kappa shape index (κ3) is 4.63. The molecule has 0 saturated heterocycles. The summed E-state index contributed by atoms with van der Waals surface area (Å²) in [5.41, 5.74) is 1.52. The van der Waals surface area contributed by atoms with Crippen molar-refractivity contribution in [1.29, 1.82) is 0 Å². The minimum Gasteiger partial charge on any atom is -0.313 e. The summed E-state index contributed by atoms with van der Waals surface area (Å²) in [6, 6.07) is 11.7. The van der Waals surface area contributed by atoms with Gasteiger partial charge in [0.25, 0.3) is 0 Å². The van der Waals surface area contributed by atoms with E-state index in [1.807, 2.05) is 0 Å². The predicted octanol–water partition coefficient (Wildman–Crippen LogP) is 3.25. The summed E-state index contributed by atoms with van der Waals surface area (Å²) in [4.78, 5) is 2.26. The lowest BCUT2D eigenvalue weighted by molar-refractivity contribution is 0.316. The fourth-order valence-corrected chi connectivity index (χ4v) is 3.16. The van der Waals surface area contributed by atoms with Gasteiger partial charge in [0.1, 0.15) is 0 Å². The van der Waals surface area contributed by atoms with Gasteiger partial charge in [-0.25, -0.2) is 0 Å². The maximum Gasteiger partial charge on any atom is 0.0136 e. The Morgan fingerprint density at radius 2 is 1.84 bits per heavy atom. The molecule has 1 aliphatic carbocycles. The molecular formula is C17H28N2. The molecule has 2 nitrogen and oxygen atoms in total. The maximum atomic E-state index is 3.80. The summed E-state index contributed by atoms with van der Waals surface area (Å²) in [5, 5.41) is 3.80. The molecule has 0 aliphatic heterocycles. The van der Waals surface area contributed by atoms with Crippen molar-refractivity contribution < 1.29 is 0 Å². The fraction of sp³-hybridized carbons (Fsp3) is 0.647. The summed E-state index contributed by atoms with van der Waals surface area (Å²) in [6.45, 7) is 2.32. The fourth-order valence-electron chi connectivity index (χ4n) is 3.16. The van der Waals surface area contributed by atoms with Gasteiger partial charge in [0.15, 0.2) is 0 Å². The second-order valence-corrected chi connectivity index (χ2v) is 6.02. The maximum absolute atomic E-state index is 3.80. The van der Waals surface area contributed by atoms with Crippen molar-refractivity contribution >= 4 is 0 Å². The molecule has 0 radical (unpaired) electrons. The lowest BCUT2D eigenvalue weighted by Crippen LogP contribution is -2.38.